The third-order valence-electron chi connectivity index (χ3n) is 6.46. The van der Waals surface area contributed by atoms with Crippen LogP contribution in [0.4, 0.5) is 26.1 Å². The Bertz CT molecular complexity index is 1360. The smallest absolute Gasteiger partial charge is 0.176 e. The molecule has 186 valence electrons. The SMILES string of the molecule is COc1cc(OC)c(F)c(-c2ccc3cc(Nc4ccc(N5CCN(C)CC5)cn4)ncc3c2)c1F. The van der Waals surface area contributed by atoms with E-state index in [1.54, 1.807) is 24.4 Å². The van der Waals surface area contributed by atoms with Gasteiger partial charge in [-0.05, 0) is 42.3 Å². The molecule has 1 saturated heterocycles. The van der Waals surface area contributed by atoms with Crippen LogP contribution in [0.15, 0.2) is 54.9 Å². The maximum Gasteiger partial charge on any atom is 0.176 e. The van der Waals surface area contributed by atoms with Gasteiger partial charge in [0.25, 0.3) is 0 Å². The molecule has 2 aromatic carbocycles. The van der Waals surface area contributed by atoms with Gasteiger partial charge < -0.3 is 24.6 Å². The van der Waals surface area contributed by atoms with Gasteiger partial charge in [0.05, 0.1) is 31.7 Å². The first-order chi connectivity index (χ1) is 17.5. The molecule has 3 heterocycles. The van der Waals surface area contributed by atoms with Crippen LogP contribution in [0, 0.1) is 11.6 Å². The largest absolute Gasteiger partial charge is 0.494 e. The average molecular weight is 492 g/mol. The number of piperazine rings is 1. The molecule has 9 heteroatoms. The minimum Gasteiger partial charge on any atom is -0.494 e. The highest BCUT2D eigenvalue weighted by Crippen LogP contribution is 2.38. The Kier molecular flexibility index (Phi) is 6.56. The van der Waals surface area contributed by atoms with Gasteiger partial charge in [-0.25, -0.2) is 18.7 Å². The van der Waals surface area contributed by atoms with Crippen LogP contribution in [-0.2, 0) is 0 Å². The summed E-state index contributed by atoms with van der Waals surface area (Å²) in [4.78, 5) is 13.6. The summed E-state index contributed by atoms with van der Waals surface area (Å²) in [7, 11) is 4.78. The molecule has 0 aliphatic carbocycles. The van der Waals surface area contributed by atoms with Crippen LogP contribution in [0.25, 0.3) is 21.9 Å². The van der Waals surface area contributed by atoms with Crippen molar-refractivity contribution < 1.29 is 18.3 Å². The Morgan fingerprint density at radius 3 is 2.11 bits per heavy atom. The van der Waals surface area contributed by atoms with Crippen LogP contribution >= 0.6 is 0 Å². The van der Waals surface area contributed by atoms with E-state index in [-0.39, 0.29) is 17.1 Å². The fourth-order valence-electron chi connectivity index (χ4n) is 4.35. The van der Waals surface area contributed by atoms with Crippen molar-refractivity contribution >= 4 is 28.1 Å². The zero-order chi connectivity index (χ0) is 25.2. The highest BCUT2D eigenvalue weighted by molar-refractivity contribution is 5.89. The third kappa shape index (κ3) is 4.61. The van der Waals surface area contributed by atoms with Gasteiger partial charge in [0.15, 0.2) is 23.1 Å². The van der Waals surface area contributed by atoms with Gasteiger partial charge >= 0.3 is 0 Å². The molecule has 5 rings (SSSR count). The standard InChI is InChI=1S/C27H27F2N5O2/c1-33-8-10-34(11-9-33)20-6-7-23(31-16-20)32-24-13-17-4-5-18(12-19(17)15-30-24)25-26(28)21(35-2)14-22(36-3)27(25)29/h4-7,12-16H,8-11H2,1-3H3,(H,30,31,32). The van der Waals surface area contributed by atoms with E-state index in [1.165, 1.54) is 20.3 Å². The van der Waals surface area contributed by atoms with Crippen LogP contribution < -0.4 is 19.7 Å². The van der Waals surface area contributed by atoms with Crippen molar-refractivity contribution in [3.63, 3.8) is 0 Å². The number of aromatic nitrogens is 2. The normalized spacial score (nSPS) is 14.2. The first-order valence-electron chi connectivity index (χ1n) is 11.6. The summed E-state index contributed by atoms with van der Waals surface area (Å²) in [6.07, 6.45) is 3.53. The maximum absolute atomic E-state index is 14.9. The van der Waals surface area contributed by atoms with Gasteiger partial charge in [-0.15, -0.1) is 0 Å². The molecule has 4 aromatic rings. The second-order valence-electron chi connectivity index (χ2n) is 8.73. The molecule has 0 unspecified atom stereocenters. The molecule has 7 nitrogen and oxygen atoms in total. The van der Waals surface area contributed by atoms with Crippen LogP contribution in [0.3, 0.4) is 0 Å². The second-order valence-corrected chi connectivity index (χ2v) is 8.73. The fraction of sp³-hybridized carbons (Fsp3) is 0.259. The van der Waals surface area contributed by atoms with Crippen molar-refractivity contribution in [3.8, 4) is 22.6 Å². The summed E-state index contributed by atoms with van der Waals surface area (Å²) in [6, 6.07) is 12.2. The Balaban J connectivity index is 1.38. The summed E-state index contributed by atoms with van der Waals surface area (Å²) in [6.45, 7) is 4.03. The number of likely N-dealkylation sites (N-methyl/N-ethyl adjacent to an activating group) is 1. The Hall–Kier alpha value is -3.98. The van der Waals surface area contributed by atoms with Gasteiger partial charge in [0.2, 0.25) is 0 Å². The third-order valence-corrected chi connectivity index (χ3v) is 6.46. The van der Waals surface area contributed by atoms with Gasteiger partial charge in [-0.3, -0.25) is 0 Å². The molecule has 2 aromatic heterocycles. The number of halogens is 2. The Labute approximate surface area is 208 Å². The molecule has 36 heavy (non-hydrogen) atoms. The predicted octanol–water partition coefficient (Wildman–Crippen LogP) is 5.09. The molecule has 0 saturated carbocycles. The van der Waals surface area contributed by atoms with E-state index in [4.69, 9.17) is 9.47 Å². The topological polar surface area (TPSA) is 62.8 Å². The zero-order valence-corrected chi connectivity index (χ0v) is 20.4. The van der Waals surface area contributed by atoms with Gasteiger partial charge in [0, 0.05) is 43.8 Å². The van der Waals surface area contributed by atoms with E-state index < -0.39 is 11.6 Å². The van der Waals surface area contributed by atoms with Crippen LogP contribution in [0.1, 0.15) is 0 Å². The lowest BCUT2D eigenvalue weighted by Gasteiger charge is -2.33. The van der Waals surface area contributed by atoms with E-state index in [9.17, 15) is 8.78 Å². The Morgan fingerprint density at radius 1 is 0.778 bits per heavy atom. The molecule has 0 radical (unpaired) electrons. The highest BCUT2D eigenvalue weighted by Gasteiger charge is 2.21. The van der Waals surface area contributed by atoms with Crippen molar-refractivity contribution in [2.24, 2.45) is 0 Å². The van der Waals surface area contributed by atoms with Gasteiger partial charge in [-0.1, -0.05) is 12.1 Å². The van der Waals surface area contributed by atoms with Crippen molar-refractivity contribution in [1.29, 1.82) is 0 Å². The molecule has 0 amide bonds. The maximum atomic E-state index is 14.9. The minimum atomic E-state index is -0.785. The number of nitrogens with zero attached hydrogens (tertiary/aromatic N) is 4. The van der Waals surface area contributed by atoms with Crippen LogP contribution in [0.5, 0.6) is 11.5 Å². The van der Waals surface area contributed by atoms with Crippen molar-refractivity contribution in [2.75, 3.05) is 57.7 Å². The van der Waals surface area contributed by atoms with E-state index in [1.807, 2.05) is 18.3 Å². The van der Waals surface area contributed by atoms with Gasteiger partial charge in [-0.2, -0.15) is 0 Å². The first-order valence-corrected chi connectivity index (χ1v) is 11.6. The number of pyridine rings is 2. The van der Waals surface area contributed by atoms with Crippen LogP contribution in [0.2, 0.25) is 0 Å². The minimum absolute atomic E-state index is 0.0906. The van der Waals surface area contributed by atoms with Crippen LogP contribution in [-0.4, -0.2) is 62.3 Å². The molecule has 1 N–H and O–H groups in total. The van der Waals surface area contributed by atoms with E-state index in [0.29, 0.717) is 17.2 Å². The first kappa shape index (κ1) is 23.7. The molecule has 0 atom stereocenters. The molecule has 0 spiro atoms. The second kappa shape index (κ2) is 9.94. The molecule has 1 aliphatic heterocycles. The number of benzene rings is 2. The quantitative estimate of drug-likeness (QED) is 0.403. The lowest BCUT2D eigenvalue weighted by molar-refractivity contribution is 0.313. The van der Waals surface area contributed by atoms with E-state index >= 15 is 0 Å². The monoisotopic (exact) mass is 491 g/mol. The lowest BCUT2D eigenvalue weighted by Crippen LogP contribution is -2.44. The number of anilines is 3. The average Bonchev–Trinajstić information content (AvgIpc) is 2.90. The van der Waals surface area contributed by atoms with Crippen molar-refractivity contribution in [3.05, 3.63) is 66.5 Å². The summed E-state index contributed by atoms with van der Waals surface area (Å²) in [5.74, 6) is -0.446. The van der Waals surface area contributed by atoms with Crippen molar-refractivity contribution in [1.82, 2.24) is 14.9 Å². The summed E-state index contributed by atoms with van der Waals surface area (Å²) in [5.41, 5.74) is 1.25. The molecular formula is C27H27F2N5O2. The number of hydrogen-bond acceptors (Lipinski definition) is 7. The molecular weight excluding hydrogens is 464 g/mol. The Morgan fingerprint density at radius 2 is 1.47 bits per heavy atom. The lowest BCUT2D eigenvalue weighted by atomic mass is 10.0. The number of rotatable bonds is 6. The highest BCUT2D eigenvalue weighted by atomic mass is 19.1. The summed E-state index contributed by atoms with van der Waals surface area (Å²) >= 11 is 0. The number of ether oxygens (including phenoxy) is 2. The number of nitrogens with one attached hydrogen (secondary N) is 1. The molecule has 0 bridgehead atoms. The fourth-order valence-corrected chi connectivity index (χ4v) is 4.35. The summed E-state index contributed by atoms with van der Waals surface area (Å²) < 4.78 is 40.0. The number of methoxy groups -OCH3 is 2. The van der Waals surface area contributed by atoms with Gasteiger partial charge in [0.1, 0.15) is 11.6 Å². The zero-order valence-electron chi connectivity index (χ0n) is 20.4. The predicted molar refractivity (Wildman–Crippen MR) is 137 cm³/mol. The summed E-state index contributed by atoms with van der Waals surface area (Å²) in [5, 5.41) is 4.82. The molecule has 1 fully saturated rings. The van der Waals surface area contributed by atoms with E-state index in [2.05, 4.69) is 38.2 Å². The van der Waals surface area contributed by atoms with Crippen molar-refractivity contribution in [2.45, 2.75) is 0 Å². The molecule has 1 aliphatic rings. The van der Waals surface area contributed by atoms with E-state index in [0.717, 1.165) is 42.6 Å². The number of fused-ring (bicyclic) bond motifs is 1. The number of hydrogen-bond donors (Lipinski definition) is 1.